The van der Waals surface area contributed by atoms with Crippen LogP contribution in [-0.2, 0) is 20.9 Å². The van der Waals surface area contributed by atoms with Gasteiger partial charge in [-0.05, 0) is 19.3 Å². The average Bonchev–Trinajstić information content (AvgIpc) is 3.16. The lowest BCUT2D eigenvalue weighted by Crippen LogP contribution is -2.51. The molecule has 1 aromatic rings. The van der Waals surface area contributed by atoms with Gasteiger partial charge in [-0.2, -0.15) is 5.10 Å². The van der Waals surface area contributed by atoms with Crippen LogP contribution >= 0.6 is 11.6 Å². The first-order chi connectivity index (χ1) is 11.5. The molecule has 0 aromatic carbocycles. The van der Waals surface area contributed by atoms with E-state index < -0.39 is 5.41 Å². The summed E-state index contributed by atoms with van der Waals surface area (Å²) in [5.41, 5.74) is -0.413. The summed E-state index contributed by atoms with van der Waals surface area (Å²) in [7, 11) is 1.64. The van der Waals surface area contributed by atoms with E-state index in [4.69, 9.17) is 16.3 Å². The first-order valence-corrected chi connectivity index (χ1v) is 8.66. The van der Waals surface area contributed by atoms with Crippen LogP contribution in [0.1, 0.15) is 19.3 Å². The summed E-state index contributed by atoms with van der Waals surface area (Å²) in [4.78, 5) is 29.0. The number of nitrogens with zero attached hydrogens (tertiary/aromatic N) is 4. The quantitative estimate of drug-likeness (QED) is 0.792. The molecule has 0 radical (unpaired) electrons. The topological polar surface area (TPSA) is 67.7 Å². The summed E-state index contributed by atoms with van der Waals surface area (Å²) in [6, 6.07) is 0. The summed E-state index contributed by atoms with van der Waals surface area (Å²) in [5, 5.41) is 4.55. The highest BCUT2D eigenvalue weighted by molar-refractivity contribution is 6.30. The van der Waals surface area contributed by atoms with E-state index in [2.05, 4.69) is 5.10 Å². The van der Waals surface area contributed by atoms with Gasteiger partial charge in [-0.3, -0.25) is 14.3 Å². The Morgan fingerprint density at radius 1 is 1.42 bits per heavy atom. The van der Waals surface area contributed by atoms with Gasteiger partial charge >= 0.3 is 0 Å². The number of carbonyl (C=O) groups is 2. The van der Waals surface area contributed by atoms with Gasteiger partial charge in [0.25, 0.3) is 0 Å². The SMILES string of the molecule is COCCN1CCCC2(CCN(C(=O)Cn3cc(Cl)cn3)C2)C1=O. The molecular formula is C16H23ClN4O3. The Morgan fingerprint density at radius 2 is 2.25 bits per heavy atom. The van der Waals surface area contributed by atoms with Crippen molar-refractivity contribution < 1.29 is 14.3 Å². The maximum atomic E-state index is 12.9. The van der Waals surface area contributed by atoms with Crippen LogP contribution in [0.4, 0.5) is 0 Å². The number of piperidine rings is 1. The van der Waals surface area contributed by atoms with E-state index in [1.165, 1.54) is 10.9 Å². The Hall–Kier alpha value is -1.60. The highest BCUT2D eigenvalue weighted by Gasteiger charge is 2.49. The second-order valence-corrected chi connectivity index (χ2v) is 7.03. The van der Waals surface area contributed by atoms with Crippen molar-refractivity contribution in [2.45, 2.75) is 25.8 Å². The third-order valence-electron chi connectivity index (χ3n) is 5.00. The van der Waals surface area contributed by atoms with E-state index in [1.54, 1.807) is 18.2 Å². The van der Waals surface area contributed by atoms with Crippen molar-refractivity contribution in [1.82, 2.24) is 19.6 Å². The van der Waals surface area contributed by atoms with Gasteiger partial charge in [0.2, 0.25) is 11.8 Å². The van der Waals surface area contributed by atoms with E-state index in [9.17, 15) is 9.59 Å². The number of methoxy groups -OCH3 is 1. The normalized spacial score (nSPS) is 24.2. The van der Waals surface area contributed by atoms with Crippen LogP contribution in [0.2, 0.25) is 5.02 Å². The molecule has 2 amide bonds. The lowest BCUT2D eigenvalue weighted by atomic mass is 9.78. The maximum Gasteiger partial charge on any atom is 0.244 e. The lowest BCUT2D eigenvalue weighted by Gasteiger charge is -2.39. The molecule has 132 valence electrons. The Labute approximate surface area is 146 Å². The van der Waals surface area contributed by atoms with Crippen LogP contribution in [0.3, 0.4) is 0 Å². The van der Waals surface area contributed by atoms with Crippen molar-refractivity contribution in [3.63, 3.8) is 0 Å². The smallest absolute Gasteiger partial charge is 0.244 e. The van der Waals surface area contributed by atoms with Crippen molar-refractivity contribution in [1.29, 1.82) is 0 Å². The largest absolute Gasteiger partial charge is 0.383 e. The number of amides is 2. The molecule has 0 aliphatic carbocycles. The Bertz CT molecular complexity index is 620. The summed E-state index contributed by atoms with van der Waals surface area (Å²) < 4.78 is 6.62. The molecule has 1 aromatic heterocycles. The fourth-order valence-corrected chi connectivity index (χ4v) is 3.85. The number of aromatic nitrogens is 2. The molecule has 2 aliphatic rings. The minimum atomic E-state index is -0.413. The molecule has 7 nitrogen and oxygen atoms in total. The van der Waals surface area contributed by atoms with E-state index >= 15 is 0 Å². The fourth-order valence-electron chi connectivity index (χ4n) is 3.69. The number of carbonyl (C=O) groups excluding carboxylic acids is 2. The third-order valence-corrected chi connectivity index (χ3v) is 5.19. The predicted molar refractivity (Wildman–Crippen MR) is 88.6 cm³/mol. The highest BCUT2D eigenvalue weighted by atomic mass is 35.5. The van der Waals surface area contributed by atoms with Gasteiger partial charge < -0.3 is 14.5 Å². The minimum Gasteiger partial charge on any atom is -0.383 e. The molecule has 1 atom stereocenters. The Balaban J connectivity index is 1.62. The molecule has 0 bridgehead atoms. The number of likely N-dealkylation sites (tertiary alicyclic amines) is 2. The number of hydrogen-bond donors (Lipinski definition) is 0. The molecule has 0 N–H and O–H groups in total. The van der Waals surface area contributed by atoms with Crippen molar-refractivity contribution in [3.05, 3.63) is 17.4 Å². The lowest BCUT2D eigenvalue weighted by molar-refractivity contribution is -0.146. The Kier molecular flexibility index (Phi) is 5.10. The second kappa shape index (κ2) is 7.11. The fraction of sp³-hybridized carbons (Fsp3) is 0.688. The minimum absolute atomic E-state index is 0.0199. The maximum absolute atomic E-state index is 12.9. The predicted octanol–water partition coefficient (Wildman–Crippen LogP) is 1.02. The van der Waals surface area contributed by atoms with Gasteiger partial charge in [0.1, 0.15) is 6.54 Å². The van der Waals surface area contributed by atoms with Crippen LogP contribution in [0, 0.1) is 5.41 Å². The molecule has 8 heteroatoms. The molecule has 24 heavy (non-hydrogen) atoms. The van der Waals surface area contributed by atoms with Crippen LogP contribution < -0.4 is 0 Å². The van der Waals surface area contributed by atoms with E-state index in [0.29, 0.717) is 31.3 Å². The molecule has 0 saturated carbocycles. The molecule has 1 unspecified atom stereocenters. The number of halogens is 1. The van der Waals surface area contributed by atoms with Gasteiger partial charge in [-0.15, -0.1) is 0 Å². The first-order valence-electron chi connectivity index (χ1n) is 8.28. The van der Waals surface area contributed by atoms with Gasteiger partial charge in [0.05, 0.1) is 23.2 Å². The van der Waals surface area contributed by atoms with Crippen molar-refractivity contribution in [2.24, 2.45) is 5.41 Å². The molecule has 1 spiro atoms. The molecule has 3 heterocycles. The zero-order chi connectivity index (χ0) is 17.2. The van der Waals surface area contributed by atoms with Gasteiger partial charge in [0.15, 0.2) is 0 Å². The number of hydrogen-bond acceptors (Lipinski definition) is 4. The van der Waals surface area contributed by atoms with Crippen molar-refractivity contribution in [3.8, 4) is 0 Å². The molecule has 2 aliphatic heterocycles. The number of rotatable bonds is 5. The Morgan fingerprint density at radius 3 is 2.96 bits per heavy atom. The van der Waals surface area contributed by atoms with Crippen molar-refractivity contribution in [2.75, 3.05) is 39.9 Å². The van der Waals surface area contributed by atoms with Gasteiger partial charge in [0, 0.05) is 39.5 Å². The molecule has 3 rings (SSSR count). The molecule has 2 fully saturated rings. The molecular weight excluding hydrogens is 332 g/mol. The third kappa shape index (κ3) is 3.42. The van der Waals surface area contributed by atoms with Crippen molar-refractivity contribution >= 4 is 23.4 Å². The van der Waals surface area contributed by atoms with Crippen LogP contribution in [0.15, 0.2) is 12.4 Å². The zero-order valence-corrected chi connectivity index (χ0v) is 14.7. The van der Waals surface area contributed by atoms with Gasteiger partial charge in [-0.1, -0.05) is 11.6 Å². The second-order valence-electron chi connectivity index (χ2n) is 6.59. The summed E-state index contributed by atoms with van der Waals surface area (Å²) in [6.07, 6.45) is 5.71. The van der Waals surface area contributed by atoms with E-state index in [0.717, 1.165) is 25.8 Å². The van der Waals surface area contributed by atoms with E-state index in [1.807, 2.05) is 4.90 Å². The standard InChI is InChI=1S/C16H23ClN4O3/c1-24-8-7-19-5-2-3-16(15(19)23)4-6-20(12-16)14(22)11-21-10-13(17)9-18-21/h9-10H,2-8,11-12H2,1H3. The monoisotopic (exact) mass is 354 g/mol. The van der Waals surface area contributed by atoms with Crippen LogP contribution in [-0.4, -0.2) is 71.3 Å². The number of ether oxygens (including phenoxy) is 1. The van der Waals surface area contributed by atoms with E-state index in [-0.39, 0.29) is 18.4 Å². The average molecular weight is 355 g/mol. The summed E-state index contributed by atoms with van der Waals surface area (Å²) in [6.45, 7) is 3.23. The zero-order valence-electron chi connectivity index (χ0n) is 13.9. The van der Waals surface area contributed by atoms with Crippen LogP contribution in [0.25, 0.3) is 0 Å². The highest BCUT2D eigenvalue weighted by Crippen LogP contribution is 2.40. The van der Waals surface area contributed by atoms with Crippen LogP contribution in [0.5, 0.6) is 0 Å². The molecule has 2 saturated heterocycles. The summed E-state index contributed by atoms with van der Waals surface area (Å²) in [5.74, 6) is 0.150. The summed E-state index contributed by atoms with van der Waals surface area (Å²) >= 11 is 5.83. The van der Waals surface area contributed by atoms with Gasteiger partial charge in [-0.25, -0.2) is 0 Å². The first kappa shape index (κ1) is 17.2.